The number of para-hydroxylation sites is 3. The zero-order chi connectivity index (χ0) is 81.5. The molecule has 0 radical (unpaired) electrons. The maximum absolute atomic E-state index is 15.3. The normalized spacial score (nSPS) is 24.5. The average molecular weight is 1560 g/mol. The van der Waals surface area contributed by atoms with Gasteiger partial charge in [0, 0.05) is 128 Å². The van der Waals surface area contributed by atoms with Crippen LogP contribution in [0, 0.1) is 52.6 Å². The summed E-state index contributed by atoms with van der Waals surface area (Å²) in [5, 5.41) is 28.5. The molecule has 13 aromatic rings. The molecule has 6 aliphatic carbocycles. The van der Waals surface area contributed by atoms with Crippen LogP contribution in [-0.4, -0.2) is 66.0 Å². The number of allylic oxidation sites excluding steroid dienone is 3. The molecule has 0 spiro atoms. The quantitative estimate of drug-likeness (QED) is 0.0664. The first kappa shape index (κ1) is 77.6. The molecule has 0 bridgehead atoms. The number of rotatable bonds is 12. The molecule has 15 nitrogen and oxygen atoms in total. The highest BCUT2D eigenvalue weighted by molar-refractivity contribution is 6.01. The Labute approximate surface area is 680 Å². The van der Waals surface area contributed by atoms with Crippen LogP contribution in [0.2, 0.25) is 0 Å². The first-order valence-corrected chi connectivity index (χ1v) is 41.2. The van der Waals surface area contributed by atoms with Crippen LogP contribution in [-0.2, 0) is 52.1 Å². The number of pyridine rings is 3. The fraction of sp³-hybridized carbons (Fsp3) is 0.333. The van der Waals surface area contributed by atoms with Gasteiger partial charge in [0.25, 0.3) is 0 Å². The van der Waals surface area contributed by atoms with Gasteiger partial charge in [-0.1, -0.05) is 178 Å². The molecule has 2 N–H and O–H groups in total. The van der Waals surface area contributed by atoms with E-state index in [-0.39, 0.29) is 51.7 Å². The Morgan fingerprint density at radius 2 is 0.821 bits per heavy atom. The standard InChI is InChI=1S/2C33H31FN4O.C33H32FN3O2/c1-4-16-32(2)27-14-13-24-28(23-10-5-7-11-25(23)34)37-31(22-15-17-35-26-12-8-6-9-21(22)26)38-29(24)33(27,3)18-20-19-36-39-30(20)32;1-5-17-32(2)27-15-14-23-28(22-11-6-8-12-24(22)34)37-31(21-16-18-36-25-13-9-7-10-20(21)25)38-29(23)33(27,3)19-26(35-4)30(32)39;1-4-16-32(2)27-14-13-24-28(23-10-5-7-11-25(23)34)36-31(22-15-17-35-26-12-8-6-9-21(22)26)37-29(24)33(27,3)18-20(19-38)30(32)39/h5-12,15,17,19,27H,4,13-14,16,18H2,1-3H3;6-13,16,18,27,39H,5,14-15,17,19H2,1-3H3;5-12,15,17,19,27,38H,4,13-14,16,18H2,1-3H3/b;;20-19-/t3*27-,32-,33-/m111/s1. The van der Waals surface area contributed by atoms with E-state index in [1.54, 1.807) is 48.9 Å². The molecular formula is C99H94F3N11O4. The Kier molecular flexibility index (Phi) is 20.1. The van der Waals surface area contributed by atoms with Crippen molar-refractivity contribution in [2.24, 2.45) is 28.6 Å². The van der Waals surface area contributed by atoms with Crippen LogP contribution in [0.4, 0.5) is 13.2 Å². The molecule has 117 heavy (non-hydrogen) atoms. The summed E-state index contributed by atoms with van der Waals surface area (Å²) in [5.74, 6) is 2.42. The van der Waals surface area contributed by atoms with E-state index in [1.165, 1.54) is 18.2 Å². The highest BCUT2D eigenvalue weighted by Crippen LogP contribution is 2.63. The van der Waals surface area contributed by atoms with Crippen LogP contribution < -0.4 is 0 Å². The van der Waals surface area contributed by atoms with Gasteiger partial charge in [0.2, 0.25) is 5.70 Å². The minimum Gasteiger partial charge on any atom is -0.523 e. The molecule has 18 heteroatoms. The first-order valence-electron chi connectivity index (χ1n) is 41.2. The van der Waals surface area contributed by atoms with E-state index >= 15 is 13.2 Å². The number of aliphatic hydroxyl groups is 2. The molecule has 590 valence electrons. The van der Waals surface area contributed by atoms with Crippen LogP contribution in [0.5, 0.6) is 0 Å². The number of hydrogen-bond donors (Lipinski definition) is 2. The molecule has 1 fully saturated rings. The predicted octanol–water partition coefficient (Wildman–Crippen LogP) is 23.4. The molecule has 1 saturated carbocycles. The maximum atomic E-state index is 15.3. The summed E-state index contributed by atoms with van der Waals surface area (Å²) in [7, 11) is 0. The van der Waals surface area contributed by atoms with Gasteiger partial charge in [-0.15, -0.1) is 0 Å². The summed E-state index contributed by atoms with van der Waals surface area (Å²) in [6, 6.07) is 50.0. The van der Waals surface area contributed by atoms with Crippen LogP contribution >= 0.6 is 0 Å². The second-order valence-corrected chi connectivity index (χ2v) is 34.4. The Hall–Kier alpha value is -12.0. The Morgan fingerprint density at radius 1 is 0.462 bits per heavy atom. The van der Waals surface area contributed by atoms with Gasteiger partial charge in [0.15, 0.2) is 23.3 Å². The lowest BCUT2D eigenvalue weighted by Crippen LogP contribution is -2.55. The van der Waals surface area contributed by atoms with Crippen molar-refractivity contribution in [1.29, 1.82) is 0 Å². The second kappa shape index (κ2) is 30.3. The molecule has 0 amide bonds. The minimum absolute atomic E-state index is 0.0269. The number of carbonyl (C=O) groups is 1. The molecule has 19 rings (SSSR count). The molecule has 0 unspecified atom stereocenters. The Morgan fingerprint density at radius 3 is 1.22 bits per heavy atom. The molecule has 7 aromatic heterocycles. The van der Waals surface area contributed by atoms with Gasteiger partial charge in [0.05, 0.1) is 69.7 Å². The lowest BCUT2D eigenvalue weighted by Gasteiger charge is -2.54. The molecule has 7 heterocycles. The molecule has 9 atom stereocenters. The van der Waals surface area contributed by atoms with Gasteiger partial charge < -0.3 is 14.7 Å². The third-order valence-electron chi connectivity index (χ3n) is 27.4. The number of benzene rings is 6. The van der Waals surface area contributed by atoms with Gasteiger partial charge in [-0.05, 0) is 168 Å². The van der Waals surface area contributed by atoms with Crippen molar-refractivity contribution in [2.45, 2.75) is 180 Å². The zero-order valence-electron chi connectivity index (χ0n) is 67.6. The van der Waals surface area contributed by atoms with Crippen molar-refractivity contribution < 1.29 is 32.7 Å². The highest BCUT2D eigenvalue weighted by atomic mass is 19.1. The van der Waals surface area contributed by atoms with Crippen LogP contribution in [0.1, 0.15) is 178 Å². The number of nitrogens with zero attached hydrogens (tertiary/aromatic N) is 11. The Balaban J connectivity index is 0.000000126. The summed E-state index contributed by atoms with van der Waals surface area (Å²) < 4.78 is 51.9. The number of fused-ring (bicyclic) bond motifs is 13. The van der Waals surface area contributed by atoms with E-state index in [0.717, 1.165) is 171 Å². The largest absolute Gasteiger partial charge is 0.523 e. The van der Waals surface area contributed by atoms with Gasteiger partial charge in [-0.25, -0.2) is 47.9 Å². The van der Waals surface area contributed by atoms with Crippen LogP contribution in [0.3, 0.4) is 0 Å². The number of hydrogen-bond acceptors (Lipinski definition) is 14. The third kappa shape index (κ3) is 12.7. The maximum Gasteiger partial charge on any atom is 0.203 e. The SMILES string of the molecule is CCC[C@@]1(C)C(=O)/C(=C\O)C[C@@]2(C)c3nc(-c4ccnc5ccccc45)nc(-c4ccccc4F)c3CC[C@H]12.CCC[C@@]1(C)c2oncc2C[C@@]2(C)c3nc(-c4ccnc5ccccc45)nc(-c4ccccc4F)c3CC[C@@H]21.[C-]#[N+]C1=C(O)[C@](C)(CCC)[C@H]2CCc3c(-c4ccccc4F)nc(-c4ccnc5ccccc45)nc3[C@]2(C)C1. The van der Waals surface area contributed by atoms with Crippen molar-refractivity contribution >= 4 is 38.5 Å². The van der Waals surface area contributed by atoms with Crippen molar-refractivity contribution in [3.63, 3.8) is 0 Å². The van der Waals surface area contributed by atoms with Crippen molar-refractivity contribution in [2.75, 3.05) is 0 Å². The molecule has 0 saturated heterocycles. The van der Waals surface area contributed by atoms with E-state index in [4.69, 9.17) is 41.0 Å². The van der Waals surface area contributed by atoms with E-state index in [1.807, 2.05) is 122 Å². The van der Waals surface area contributed by atoms with Crippen molar-refractivity contribution in [3.05, 3.63) is 286 Å². The monoisotopic (exact) mass is 1560 g/mol. The average Bonchev–Trinajstić information content (AvgIpc) is 1.62. The number of Topliss-reactive ketones (excluding diaryl/α,β-unsaturated/α-hetero) is 1. The fourth-order valence-electron chi connectivity index (χ4n) is 22.4. The topological polar surface area (TPSA) is 204 Å². The molecule has 0 aliphatic heterocycles. The van der Waals surface area contributed by atoms with E-state index < -0.39 is 21.7 Å². The van der Waals surface area contributed by atoms with Crippen LogP contribution in [0.25, 0.3) is 105 Å². The van der Waals surface area contributed by atoms with Gasteiger partial charge in [0.1, 0.15) is 29.0 Å². The minimum atomic E-state index is -0.624. The van der Waals surface area contributed by atoms with E-state index in [2.05, 4.69) is 86.4 Å². The number of halogens is 3. The van der Waals surface area contributed by atoms with E-state index in [0.29, 0.717) is 94.1 Å². The smallest absolute Gasteiger partial charge is 0.203 e. The third-order valence-corrected chi connectivity index (χ3v) is 27.4. The summed E-state index contributed by atoms with van der Waals surface area (Å²) in [5.41, 5.74) is 13.4. The van der Waals surface area contributed by atoms with Crippen LogP contribution in [0.15, 0.2) is 216 Å². The summed E-state index contributed by atoms with van der Waals surface area (Å²) in [6.07, 6.45) is 19.7. The lowest BCUT2D eigenvalue weighted by molar-refractivity contribution is -0.133. The number of aliphatic hydroxyl groups excluding tert-OH is 2. The number of aromatic nitrogens is 10. The molecular weight excluding hydrogens is 1460 g/mol. The van der Waals surface area contributed by atoms with Crippen molar-refractivity contribution in [1.82, 2.24) is 50.0 Å². The summed E-state index contributed by atoms with van der Waals surface area (Å²) in [4.78, 5) is 62.0. The van der Waals surface area contributed by atoms with Gasteiger partial charge in [-0.2, -0.15) is 0 Å². The van der Waals surface area contributed by atoms with E-state index in [9.17, 15) is 15.0 Å². The number of ketones is 1. The second-order valence-electron chi connectivity index (χ2n) is 34.4. The van der Waals surface area contributed by atoms with Gasteiger partial charge >= 0.3 is 0 Å². The first-order chi connectivity index (χ1) is 56.6. The number of carbonyl (C=O) groups excluding carboxylic acids is 1. The predicted molar refractivity (Wildman–Crippen MR) is 452 cm³/mol. The summed E-state index contributed by atoms with van der Waals surface area (Å²) >= 11 is 0. The molecule has 6 aromatic carbocycles. The fourth-order valence-corrected chi connectivity index (χ4v) is 22.4. The van der Waals surface area contributed by atoms with Gasteiger partial charge in [-0.3, -0.25) is 19.7 Å². The Bertz CT molecular complexity index is 6240. The summed E-state index contributed by atoms with van der Waals surface area (Å²) in [6.45, 7) is 27.5. The van der Waals surface area contributed by atoms with Crippen molar-refractivity contribution in [3.8, 4) is 67.9 Å². The lowest BCUT2D eigenvalue weighted by atomic mass is 9.48. The highest BCUT2D eigenvalue weighted by Gasteiger charge is 2.61. The zero-order valence-corrected chi connectivity index (χ0v) is 67.6. The molecule has 6 aliphatic rings.